The third kappa shape index (κ3) is 6.64. The number of rotatable bonds is 10. The highest BCUT2D eigenvalue weighted by Gasteiger charge is 2.43. The maximum atomic E-state index is 11.5. The Hall–Kier alpha value is -1.70. The fourth-order valence-corrected chi connectivity index (χ4v) is 6.07. The number of nitrogens with one attached hydrogen (secondary N) is 1. The van der Waals surface area contributed by atoms with Crippen molar-refractivity contribution < 1.29 is 38.9 Å². The van der Waals surface area contributed by atoms with Crippen LogP contribution in [0.1, 0.15) is 55.2 Å². The van der Waals surface area contributed by atoms with Gasteiger partial charge < -0.3 is 29.8 Å². The van der Waals surface area contributed by atoms with Gasteiger partial charge in [-0.05, 0) is 54.0 Å². The number of aromatic hydroxyl groups is 2. The van der Waals surface area contributed by atoms with Gasteiger partial charge in [-0.1, -0.05) is 38.1 Å². The first-order chi connectivity index (χ1) is 14.4. The molecule has 2 aromatic rings. The number of benzene rings is 2. The van der Waals surface area contributed by atoms with Gasteiger partial charge in [0.1, 0.15) is 11.5 Å². The molecule has 0 saturated heterocycles. The fourth-order valence-electron chi connectivity index (χ4n) is 3.84. The van der Waals surface area contributed by atoms with Crippen LogP contribution in [-0.2, 0) is 15.7 Å². The van der Waals surface area contributed by atoms with Crippen molar-refractivity contribution in [1.82, 2.24) is 5.32 Å². The van der Waals surface area contributed by atoms with Crippen LogP contribution in [-0.4, -0.2) is 35.3 Å². The van der Waals surface area contributed by atoms with Crippen LogP contribution < -0.4 is 5.32 Å². The van der Waals surface area contributed by atoms with Gasteiger partial charge >= 0.3 is 15.2 Å². The normalized spacial score (nSPS) is 14.5. The van der Waals surface area contributed by atoms with Gasteiger partial charge in [0, 0.05) is 12.1 Å². The van der Waals surface area contributed by atoms with Gasteiger partial charge in [-0.25, -0.2) is 0 Å². The molecule has 0 aromatic heterocycles. The van der Waals surface area contributed by atoms with Gasteiger partial charge in [0.05, 0.1) is 0 Å². The minimum absolute atomic E-state index is 0.0493. The van der Waals surface area contributed by atoms with Gasteiger partial charge in [-0.15, -0.1) is 0 Å². The summed E-state index contributed by atoms with van der Waals surface area (Å²) in [5, 5.41) is 22.0. The molecule has 0 amide bonds. The Balaban J connectivity index is 2.34. The summed E-state index contributed by atoms with van der Waals surface area (Å²) in [6, 6.07) is 11.9. The molecule has 0 radical (unpaired) electrons. The lowest BCUT2D eigenvalue weighted by molar-refractivity contribution is 0.327. The summed E-state index contributed by atoms with van der Waals surface area (Å²) < 4.78 is 22.9. The summed E-state index contributed by atoms with van der Waals surface area (Å²) in [4.78, 5) is 37.1. The summed E-state index contributed by atoms with van der Waals surface area (Å²) in [7, 11) is -10.3. The van der Waals surface area contributed by atoms with Gasteiger partial charge in [-0.2, -0.15) is 0 Å². The van der Waals surface area contributed by atoms with Gasteiger partial charge in [-0.3, -0.25) is 14.4 Å². The van der Waals surface area contributed by atoms with Crippen molar-refractivity contribution in [3.63, 3.8) is 0 Å². The van der Waals surface area contributed by atoms with Crippen molar-refractivity contribution in [3.05, 3.63) is 59.2 Å². The summed E-state index contributed by atoms with van der Waals surface area (Å²) in [5.74, 6) is 0.190. The maximum Gasteiger partial charge on any atom is 0.354 e. The fraction of sp³-hybridized carbons (Fsp3) is 0.400. The molecular weight excluding hydrogens is 444 g/mol. The Morgan fingerprint density at radius 1 is 0.806 bits per heavy atom. The molecule has 0 bridgehead atoms. The average molecular weight is 473 g/mol. The molecule has 2 unspecified atom stereocenters. The molecule has 0 aliphatic rings. The van der Waals surface area contributed by atoms with E-state index in [-0.39, 0.29) is 35.4 Å². The van der Waals surface area contributed by atoms with Crippen LogP contribution in [0.25, 0.3) is 0 Å². The highest BCUT2D eigenvalue weighted by Crippen LogP contribution is 2.58. The Bertz CT molecular complexity index is 948. The van der Waals surface area contributed by atoms with E-state index in [4.69, 9.17) is 0 Å². The van der Waals surface area contributed by atoms with Gasteiger partial charge in [0.15, 0.2) is 0 Å². The smallest absolute Gasteiger partial charge is 0.354 e. The van der Waals surface area contributed by atoms with E-state index in [0.29, 0.717) is 0 Å². The van der Waals surface area contributed by atoms with Crippen LogP contribution >= 0.6 is 15.2 Å². The highest BCUT2D eigenvalue weighted by molar-refractivity contribution is 7.70. The van der Waals surface area contributed by atoms with Gasteiger partial charge in [0.25, 0.3) is 0 Å². The third-order valence-corrected chi connectivity index (χ3v) is 8.78. The van der Waals surface area contributed by atoms with E-state index in [1.807, 2.05) is 26.0 Å². The Kier molecular flexibility index (Phi) is 8.47. The molecule has 7 N–H and O–H groups in total. The van der Waals surface area contributed by atoms with E-state index >= 15 is 0 Å². The molecule has 0 heterocycles. The van der Waals surface area contributed by atoms with Crippen LogP contribution in [0, 0.1) is 0 Å². The largest absolute Gasteiger partial charge is 0.508 e. The summed E-state index contributed by atoms with van der Waals surface area (Å²) >= 11 is 0. The standard InChI is InChI=1S/C20H29NO8P2/c1-3-17(13-5-8-16(22)9-6-13)18(4-2)14-7-10-19(23)15(11-14)12-21-20(30(24,25)26)31(27,28)29/h5-11,17-18,20-23H,3-4,12H2,1-2H3,(H2,24,25,26)(H2,27,28,29). The first-order valence-corrected chi connectivity index (χ1v) is 13.2. The predicted molar refractivity (Wildman–Crippen MR) is 117 cm³/mol. The van der Waals surface area contributed by atoms with Crippen LogP contribution in [0.2, 0.25) is 0 Å². The third-order valence-electron chi connectivity index (χ3n) is 5.33. The number of phenolic OH excluding ortho intramolecular Hbond substituents is 2. The van der Waals surface area contributed by atoms with Gasteiger partial charge in [0.2, 0.25) is 5.52 Å². The summed E-state index contributed by atoms with van der Waals surface area (Å²) in [5.41, 5.74) is -0.169. The summed E-state index contributed by atoms with van der Waals surface area (Å²) in [6.45, 7) is 3.73. The van der Waals surface area contributed by atoms with Crippen LogP contribution in [0.15, 0.2) is 42.5 Å². The van der Waals surface area contributed by atoms with E-state index < -0.39 is 20.7 Å². The zero-order valence-corrected chi connectivity index (χ0v) is 19.1. The Morgan fingerprint density at radius 2 is 1.29 bits per heavy atom. The Morgan fingerprint density at radius 3 is 1.77 bits per heavy atom. The van der Waals surface area contributed by atoms with Crippen LogP contribution in [0.3, 0.4) is 0 Å². The van der Waals surface area contributed by atoms with Crippen molar-refractivity contribution in [2.24, 2.45) is 0 Å². The summed E-state index contributed by atoms with van der Waals surface area (Å²) in [6.07, 6.45) is 1.58. The SMILES string of the molecule is CCC(c1ccc(O)cc1)C(CC)c1ccc(O)c(CNC(P(=O)(O)O)P(=O)(O)O)c1. The lowest BCUT2D eigenvalue weighted by Gasteiger charge is -2.27. The second kappa shape index (κ2) is 10.3. The number of phenols is 2. The van der Waals surface area contributed by atoms with E-state index in [1.54, 1.807) is 24.3 Å². The molecule has 0 saturated carbocycles. The second-order valence-electron chi connectivity index (χ2n) is 7.44. The monoisotopic (exact) mass is 473 g/mol. The van der Waals surface area contributed by atoms with Crippen molar-refractivity contribution in [2.45, 2.75) is 50.6 Å². The first-order valence-electron chi connectivity index (χ1n) is 9.83. The molecule has 0 aliphatic heterocycles. The molecule has 0 spiro atoms. The zero-order chi connectivity index (χ0) is 23.4. The van der Waals surface area contributed by atoms with E-state index in [2.05, 4.69) is 5.32 Å². The van der Waals surface area contributed by atoms with Crippen molar-refractivity contribution in [2.75, 3.05) is 0 Å². The highest BCUT2D eigenvalue weighted by atomic mass is 31.2. The average Bonchev–Trinajstić information content (AvgIpc) is 2.66. The minimum Gasteiger partial charge on any atom is -0.508 e. The quantitative estimate of drug-likeness (QED) is 0.255. The molecule has 172 valence electrons. The lowest BCUT2D eigenvalue weighted by Crippen LogP contribution is -2.28. The lowest BCUT2D eigenvalue weighted by atomic mass is 9.78. The molecule has 31 heavy (non-hydrogen) atoms. The Labute approximate surface area is 181 Å². The minimum atomic E-state index is -5.13. The van der Waals surface area contributed by atoms with Crippen molar-refractivity contribution in [3.8, 4) is 11.5 Å². The first kappa shape index (κ1) is 25.6. The second-order valence-corrected chi connectivity index (χ2v) is 11.2. The van der Waals surface area contributed by atoms with E-state index in [1.165, 1.54) is 6.07 Å². The molecule has 2 atom stereocenters. The molecule has 9 nitrogen and oxygen atoms in total. The molecule has 0 aliphatic carbocycles. The number of hydrogen-bond donors (Lipinski definition) is 7. The predicted octanol–water partition coefficient (Wildman–Crippen LogP) is 3.51. The molecular formula is C20H29NO8P2. The van der Waals surface area contributed by atoms with Crippen molar-refractivity contribution in [1.29, 1.82) is 0 Å². The molecule has 2 rings (SSSR count). The van der Waals surface area contributed by atoms with E-state index in [0.717, 1.165) is 24.0 Å². The molecule has 11 heteroatoms. The number of hydrogen-bond acceptors (Lipinski definition) is 5. The topological polar surface area (TPSA) is 168 Å². The van der Waals surface area contributed by atoms with Crippen LogP contribution in [0.5, 0.6) is 11.5 Å². The molecule has 0 fully saturated rings. The van der Waals surface area contributed by atoms with E-state index in [9.17, 15) is 38.9 Å². The van der Waals surface area contributed by atoms with Crippen molar-refractivity contribution >= 4 is 15.2 Å². The molecule has 2 aromatic carbocycles. The maximum absolute atomic E-state index is 11.5. The van der Waals surface area contributed by atoms with Crippen LogP contribution in [0.4, 0.5) is 0 Å². The zero-order valence-electron chi connectivity index (χ0n) is 17.3.